The highest BCUT2D eigenvalue weighted by Gasteiger charge is 1.92. The van der Waals surface area contributed by atoms with E-state index in [1.165, 1.54) is 11.3 Å². The van der Waals surface area contributed by atoms with E-state index in [1.54, 1.807) is 0 Å². The Balaban J connectivity index is 2.61. The van der Waals surface area contributed by atoms with E-state index >= 15 is 0 Å². The summed E-state index contributed by atoms with van der Waals surface area (Å²) in [5.74, 6) is 0. The molecule has 0 saturated carbocycles. The lowest BCUT2D eigenvalue weighted by molar-refractivity contribution is 1.55. The standard InChI is InChI=1S/C5H5BrClNS/c6-3-8-5-2-1-4(7)9-5/h1-2,8H,3H2. The molecule has 50 valence electrons. The highest BCUT2D eigenvalue weighted by Crippen LogP contribution is 2.25. The van der Waals surface area contributed by atoms with Crippen molar-refractivity contribution in [3.05, 3.63) is 16.5 Å². The normalized spacial score (nSPS) is 9.56. The maximum atomic E-state index is 5.66. The maximum absolute atomic E-state index is 5.66. The van der Waals surface area contributed by atoms with E-state index in [-0.39, 0.29) is 0 Å². The molecule has 0 saturated heterocycles. The fourth-order valence-electron chi connectivity index (χ4n) is 0.475. The average molecular weight is 227 g/mol. The van der Waals surface area contributed by atoms with Gasteiger partial charge in [-0.2, -0.15) is 0 Å². The molecule has 9 heavy (non-hydrogen) atoms. The minimum absolute atomic E-state index is 0.768. The molecule has 1 N–H and O–H groups in total. The van der Waals surface area contributed by atoms with Crippen LogP contribution >= 0.6 is 38.9 Å². The van der Waals surface area contributed by atoms with Crippen LogP contribution in [0.25, 0.3) is 0 Å². The van der Waals surface area contributed by atoms with Gasteiger partial charge in [-0.3, -0.25) is 0 Å². The highest BCUT2D eigenvalue weighted by molar-refractivity contribution is 9.09. The summed E-state index contributed by atoms with van der Waals surface area (Å²) in [5, 5.41) is 4.17. The van der Waals surface area contributed by atoms with E-state index in [9.17, 15) is 0 Å². The lowest BCUT2D eigenvalue weighted by Crippen LogP contribution is -1.88. The van der Waals surface area contributed by atoms with Gasteiger partial charge in [0.15, 0.2) is 0 Å². The number of anilines is 1. The third-order valence-electron chi connectivity index (χ3n) is 0.814. The molecule has 1 nitrogen and oxygen atoms in total. The van der Waals surface area contributed by atoms with Crippen molar-refractivity contribution in [2.45, 2.75) is 0 Å². The highest BCUT2D eigenvalue weighted by atomic mass is 79.9. The van der Waals surface area contributed by atoms with Gasteiger partial charge in [0, 0.05) is 0 Å². The zero-order valence-corrected chi connectivity index (χ0v) is 7.68. The van der Waals surface area contributed by atoms with Crippen LogP contribution in [-0.2, 0) is 0 Å². The van der Waals surface area contributed by atoms with Gasteiger partial charge >= 0.3 is 0 Å². The molecule has 0 aliphatic carbocycles. The minimum Gasteiger partial charge on any atom is -0.367 e. The van der Waals surface area contributed by atoms with Crippen LogP contribution in [-0.4, -0.2) is 5.45 Å². The van der Waals surface area contributed by atoms with Crippen molar-refractivity contribution in [3.63, 3.8) is 0 Å². The number of thiophene rings is 1. The molecular formula is C5H5BrClNS. The van der Waals surface area contributed by atoms with Crippen LogP contribution in [0.5, 0.6) is 0 Å². The van der Waals surface area contributed by atoms with E-state index in [4.69, 9.17) is 11.6 Å². The van der Waals surface area contributed by atoms with Crippen LogP contribution < -0.4 is 5.32 Å². The largest absolute Gasteiger partial charge is 0.367 e. The Labute approximate surface area is 71.2 Å². The molecule has 1 rings (SSSR count). The van der Waals surface area contributed by atoms with Gasteiger partial charge < -0.3 is 5.32 Å². The van der Waals surface area contributed by atoms with Crippen LogP contribution in [0, 0.1) is 0 Å². The number of rotatable bonds is 2. The smallest absolute Gasteiger partial charge is 0.0950 e. The Morgan fingerprint density at radius 3 is 2.89 bits per heavy atom. The van der Waals surface area contributed by atoms with E-state index in [1.807, 2.05) is 12.1 Å². The maximum Gasteiger partial charge on any atom is 0.0950 e. The Hall–Kier alpha value is 0.270. The summed E-state index contributed by atoms with van der Waals surface area (Å²) in [6, 6.07) is 3.82. The van der Waals surface area contributed by atoms with Crippen molar-refractivity contribution in [1.82, 2.24) is 0 Å². The van der Waals surface area contributed by atoms with Gasteiger partial charge in [0.1, 0.15) is 0 Å². The molecule has 0 aliphatic rings. The fourth-order valence-corrected chi connectivity index (χ4v) is 1.90. The number of nitrogens with one attached hydrogen (secondary N) is 1. The van der Waals surface area contributed by atoms with Crippen LogP contribution in [0.15, 0.2) is 12.1 Å². The average Bonchev–Trinajstić information content (AvgIpc) is 2.17. The molecule has 0 aliphatic heterocycles. The van der Waals surface area contributed by atoms with Crippen molar-refractivity contribution >= 4 is 43.9 Å². The molecule has 0 aromatic carbocycles. The van der Waals surface area contributed by atoms with E-state index in [0.717, 1.165) is 14.8 Å². The predicted octanol–water partition coefficient (Wildman–Crippen LogP) is 3.17. The van der Waals surface area contributed by atoms with Crippen LogP contribution in [0.1, 0.15) is 0 Å². The quantitative estimate of drug-likeness (QED) is 0.603. The van der Waals surface area contributed by atoms with Gasteiger partial charge in [-0.05, 0) is 12.1 Å². The monoisotopic (exact) mass is 225 g/mol. The molecule has 0 atom stereocenters. The second-order valence-corrected chi connectivity index (χ2v) is 3.69. The van der Waals surface area contributed by atoms with Crippen molar-refractivity contribution in [2.24, 2.45) is 0 Å². The molecule has 0 unspecified atom stereocenters. The van der Waals surface area contributed by atoms with Crippen LogP contribution in [0.2, 0.25) is 4.34 Å². The molecule has 4 heteroatoms. The van der Waals surface area contributed by atoms with Crippen LogP contribution in [0.3, 0.4) is 0 Å². The SMILES string of the molecule is Clc1ccc(NCBr)s1. The summed E-state index contributed by atoms with van der Waals surface area (Å²) < 4.78 is 0.818. The molecule has 0 radical (unpaired) electrons. The van der Waals surface area contributed by atoms with E-state index in [2.05, 4.69) is 21.2 Å². The summed E-state index contributed by atoms with van der Waals surface area (Å²) >= 11 is 10.4. The van der Waals surface area contributed by atoms with Gasteiger partial charge in [0.2, 0.25) is 0 Å². The fraction of sp³-hybridized carbons (Fsp3) is 0.200. The second-order valence-electron chi connectivity index (χ2n) is 1.41. The number of hydrogen-bond acceptors (Lipinski definition) is 2. The van der Waals surface area contributed by atoms with E-state index < -0.39 is 0 Å². The molecule has 0 spiro atoms. The zero-order valence-electron chi connectivity index (χ0n) is 4.53. The molecule has 1 heterocycles. The van der Waals surface area contributed by atoms with Crippen molar-refractivity contribution < 1.29 is 0 Å². The van der Waals surface area contributed by atoms with E-state index in [0.29, 0.717) is 0 Å². The number of halogens is 2. The minimum atomic E-state index is 0.768. The molecule has 1 aromatic heterocycles. The number of hydrogen-bond donors (Lipinski definition) is 1. The molecule has 0 bridgehead atoms. The van der Waals surface area contributed by atoms with Crippen LogP contribution in [0.4, 0.5) is 5.00 Å². The zero-order chi connectivity index (χ0) is 6.69. The van der Waals surface area contributed by atoms with Gasteiger partial charge in [-0.25, -0.2) is 0 Å². The Morgan fingerprint density at radius 1 is 1.67 bits per heavy atom. The first-order valence-corrected chi connectivity index (χ1v) is 4.69. The van der Waals surface area contributed by atoms with Crippen molar-refractivity contribution in [2.75, 3.05) is 10.8 Å². The molecule has 0 fully saturated rings. The first-order chi connectivity index (χ1) is 4.33. The second kappa shape index (κ2) is 3.44. The molecule has 1 aromatic rings. The Bertz CT molecular complexity index is 189. The predicted molar refractivity (Wildman–Crippen MR) is 46.7 cm³/mol. The van der Waals surface area contributed by atoms with Crippen molar-refractivity contribution in [1.29, 1.82) is 0 Å². The summed E-state index contributed by atoms with van der Waals surface area (Å²) in [6.07, 6.45) is 0. The Morgan fingerprint density at radius 2 is 2.44 bits per heavy atom. The summed E-state index contributed by atoms with van der Waals surface area (Å²) in [6.45, 7) is 0. The number of alkyl halides is 1. The van der Waals surface area contributed by atoms with Gasteiger partial charge in [0.25, 0.3) is 0 Å². The third kappa shape index (κ3) is 2.16. The topological polar surface area (TPSA) is 12.0 Å². The summed E-state index contributed by atoms with van der Waals surface area (Å²) in [5.41, 5.74) is 0.768. The Kier molecular flexibility index (Phi) is 2.82. The van der Waals surface area contributed by atoms with Crippen molar-refractivity contribution in [3.8, 4) is 0 Å². The lowest BCUT2D eigenvalue weighted by Gasteiger charge is -1.92. The summed E-state index contributed by atoms with van der Waals surface area (Å²) in [7, 11) is 0. The first-order valence-electron chi connectivity index (χ1n) is 2.38. The van der Waals surface area contributed by atoms with Gasteiger partial charge in [-0.15, -0.1) is 11.3 Å². The first kappa shape index (κ1) is 7.38. The summed E-state index contributed by atoms with van der Waals surface area (Å²) in [4.78, 5) is 0. The van der Waals surface area contributed by atoms with Gasteiger partial charge in [-0.1, -0.05) is 27.5 Å². The van der Waals surface area contributed by atoms with Gasteiger partial charge in [0.05, 0.1) is 14.8 Å². The lowest BCUT2D eigenvalue weighted by atomic mass is 10.6. The molecular weight excluding hydrogens is 221 g/mol. The molecule has 0 amide bonds. The third-order valence-corrected chi connectivity index (χ3v) is 2.28.